The first kappa shape index (κ1) is 25.2. The van der Waals surface area contributed by atoms with E-state index >= 15 is 0 Å². The van der Waals surface area contributed by atoms with Gasteiger partial charge in [-0.05, 0) is 54.5 Å². The van der Waals surface area contributed by atoms with Crippen LogP contribution in [0.2, 0.25) is 0 Å². The summed E-state index contributed by atoms with van der Waals surface area (Å²) in [5.41, 5.74) is 2.44. The number of nitrogens with zero attached hydrogens (tertiary/aromatic N) is 3. The highest BCUT2D eigenvalue weighted by atomic mass is 32.1. The highest BCUT2D eigenvalue weighted by Crippen LogP contribution is 2.35. The van der Waals surface area contributed by atoms with Crippen LogP contribution < -0.4 is 4.74 Å². The van der Waals surface area contributed by atoms with E-state index in [1.165, 1.54) is 23.5 Å². The highest BCUT2D eigenvalue weighted by Gasteiger charge is 2.30. The molecule has 3 heterocycles. The average molecular weight is 520 g/mol. The average Bonchev–Trinajstić information content (AvgIpc) is 3.67. The Labute approximate surface area is 220 Å². The van der Waals surface area contributed by atoms with Crippen LogP contribution >= 0.6 is 11.3 Å². The second-order valence-corrected chi connectivity index (χ2v) is 10.4. The molecule has 8 heteroatoms. The number of carbonyl (C=O) groups is 1. The number of benzene rings is 2. The van der Waals surface area contributed by atoms with Crippen LogP contribution in [0.25, 0.3) is 5.69 Å². The van der Waals surface area contributed by atoms with Crippen LogP contribution in [-0.4, -0.2) is 39.8 Å². The first-order valence-corrected chi connectivity index (χ1v) is 13.4. The van der Waals surface area contributed by atoms with Crippen LogP contribution in [0.1, 0.15) is 53.5 Å². The Hall–Kier alpha value is -3.49. The van der Waals surface area contributed by atoms with Gasteiger partial charge in [0.25, 0.3) is 5.91 Å². The second kappa shape index (κ2) is 11.3. The zero-order valence-electron chi connectivity index (χ0n) is 21.0. The number of amides is 1. The molecule has 2 aromatic heterocycles. The molecule has 192 valence electrons. The maximum Gasteiger partial charge on any atom is 0.264 e. The van der Waals surface area contributed by atoms with E-state index in [1.807, 2.05) is 52.7 Å². The third-order valence-corrected chi connectivity index (χ3v) is 7.20. The van der Waals surface area contributed by atoms with Crippen LogP contribution in [0, 0.1) is 5.82 Å². The Kier molecular flexibility index (Phi) is 7.67. The van der Waals surface area contributed by atoms with Crippen molar-refractivity contribution in [2.45, 2.75) is 45.3 Å². The SMILES string of the molecule is CC(C)c1nn(-c2ccccc2)c(Oc2cccc(F)c2)c1CN(C[C@H]1CCCO1)C(=O)c1cccs1. The lowest BCUT2D eigenvalue weighted by Gasteiger charge is -2.26. The molecule has 37 heavy (non-hydrogen) atoms. The summed E-state index contributed by atoms with van der Waals surface area (Å²) >= 11 is 1.42. The van der Waals surface area contributed by atoms with Crippen molar-refractivity contribution in [3.05, 3.63) is 94.1 Å². The van der Waals surface area contributed by atoms with Gasteiger partial charge in [-0.3, -0.25) is 4.79 Å². The minimum atomic E-state index is -0.387. The minimum absolute atomic E-state index is 0.0110. The maximum atomic E-state index is 14.1. The summed E-state index contributed by atoms with van der Waals surface area (Å²) < 4.78 is 28.0. The molecular formula is C29H30FN3O3S. The van der Waals surface area contributed by atoms with E-state index in [-0.39, 0.29) is 23.7 Å². The molecule has 0 aliphatic carbocycles. The summed E-state index contributed by atoms with van der Waals surface area (Å²) in [6.07, 6.45) is 1.90. The number of ether oxygens (including phenoxy) is 2. The van der Waals surface area contributed by atoms with Crippen molar-refractivity contribution in [2.75, 3.05) is 13.2 Å². The highest BCUT2D eigenvalue weighted by molar-refractivity contribution is 7.12. The van der Waals surface area contributed by atoms with E-state index in [2.05, 4.69) is 13.8 Å². The van der Waals surface area contributed by atoms with Crippen molar-refractivity contribution in [1.82, 2.24) is 14.7 Å². The third kappa shape index (κ3) is 5.76. The van der Waals surface area contributed by atoms with Gasteiger partial charge in [0.15, 0.2) is 0 Å². The van der Waals surface area contributed by atoms with Gasteiger partial charge < -0.3 is 14.4 Å². The van der Waals surface area contributed by atoms with Crippen molar-refractivity contribution in [3.63, 3.8) is 0 Å². The molecule has 0 unspecified atom stereocenters. The summed E-state index contributed by atoms with van der Waals surface area (Å²) in [6, 6.07) is 19.5. The van der Waals surface area contributed by atoms with Crippen molar-refractivity contribution >= 4 is 17.2 Å². The molecule has 4 aromatic rings. The maximum absolute atomic E-state index is 14.1. The van der Waals surface area contributed by atoms with E-state index < -0.39 is 0 Å². The van der Waals surface area contributed by atoms with E-state index in [0.717, 1.165) is 29.8 Å². The third-order valence-electron chi connectivity index (χ3n) is 6.34. The summed E-state index contributed by atoms with van der Waals surface area (Å²) in [4.78, 5) is 16.1. The van der Waals surface area contributed by atoms with Crippen molar-refractivity contribution < 1.29 is 18.7 Å². The molecule has 0 radical (unpaired) electrons. The second-order valence-electron chi connectivity index (χ2n) is 9.43. The molecule has 1 fully saturated rings. The number of rotatable bonds is 9. The van der Waals surface area contributed by atoms with Gasteiger partial charge in [-0.2, -0.15) is 5.10 Å². The Morgan fingerprint density at radius 1 is 1.19 bits per heavy atom. The summed E-state index contributed by atoms with van der Waals surface area (Å²) in [6.45, 7) is 5.62. The number of hydrogen-bond donors (Lipinski definition) is 0. The quantitative estimate of drug-likeness (QED) is 0.244. The monoisotopic (exact) mass is 519 g/mol. The molecular weight excluding hydrogens is 489 g/mol. The normalized spacial score (nSPS) is 15.3. The molecule has 5 rings (SSSR count). The number of para-hydroxylation sites is 1. The fourth-order valence-electron chi connectivity index (χ4n) is 4.55. The fraction of sp³-hybridized carbons (Fsp3) is 0.310. The zero-order chi connectivity index (χ0) is 25.8. The lowest BCUT2D eigenvalue weighted by Crippen LogP contribution is -2.36. The first-order chi connectivity index (χ1) is 18.0. The Morgan fingerprint density at radius 3 is 2.70 bits per heavy atom. The predicted octanol–water partition coefficient (Wildman–Crippen LogP) is 6.81. The molecule has 6 nitrogen and oxygen atoms in total. The number of carbonyl (C=O) groups excluding carboxylic acids is 1. The number of hydrogen-bond acceptors (Lipinski definition) is 5. The molecule has 1 aliphatic heterocycles. The molecule has 1 aliphatic rings. The lowest BCUT2D eigenvalue weighted by molar-refractivity contribution is 0.0509. The number of thiophene rings is 1. The summed E-state index contributed by atoms with van der Waals surface area (Å²) in [5.74, 6) is 0.461. The van der Waals surface area contributed by atoms with Crippen LogP contribution in [-0.2, 0) is 11.3 Å². The minimum Gasteiger partial charge on any atom is -0.438 e. The zero-order valence-corrected chi connectivity index (χ0v) is 21.8. The van der Waals surface area contributed by atoms with Crippen LogP contribution in [0.15, 0.2) is 72.1 Å². The standard InChI is InChI=1S/C29H30FN3O3S/c1-20(2)27-25(19-32(18-24-13-7-15-35-24)28(34)26-14-8-16-37-26)29(36-23-12-6-9-21(30)17-23)33(31-27)22-10-4-3-5-11-22/h3-6,8-12,14,16-17,20,24H,7,13,15,18-19H2,1-2H3/t24-/m1/s1. The van der Waals surface area contributed by atoms with Crippen molar-refractivity contribution in [3.8, 4) is 17.3 Å². The smallest absolute Gasteiger partial charge is 0.264 e. The van der Waals surface area contributed by atoms with Gasteiger partial charge in [0, 0.05) is 19.2 Å². The molecule has 0 saturated carbocycles. The van der Waals surface area contributed by atoms with E-state index in [9.17, 15) is 9.18 Å². The van der Waals surface area contributed by atoms with Gasteiger partial charge in [0.1, 0.15) is 11.6 Å². The van der Waals surface area contributed by atoms with Gasteiger partial charge in [0.2, 0.25) is 5.88 Å². The molecule has 1 saturated heterocycles. The number of aromatic nitrogens is 2. The Balaban J connectivity index is 1.60. The van der Waals surface area contributed by atoms with Crippen LogP contribution in [0.4, 0.5) is 4.39 Å². The van der Waals surface area contributed by atoms with E-state index in [4.69, 9.17) is 14.6 Å². The number of halogens is 1. The molecule has 1 amide bonds. The van der Waals surface area contributed by atoms with Gasteiger partial charge in [-0.15, -0.1) is 11.3 Å². The largest absolute Gasteiger partial charge is 0.438 e. The Bertz CT molecular complexity index is 1330. The van der Waals surface area contributed by atoms with Gasteiger partial charge >= 0.3 is 0 Å². The van der Waals surface area contributed by atoms with Crippen molar-refractivity contribution in [2.24, 2.45) is 0 Å². The molecule has 1 atom stereocenters. The van der Waals surface area contributed by atoms with Crippen LogP contribution in [0.3, 0.4) is 0 Å². The van der Waals surface area contributed by atoms with Gasteiger partial charge in [-0.1, -0.05) is 44.2 Å². The Morgan fingerprint density at radius 2 is 2.03 bits per heavy atom. The van der Waals surface area contributed by atoms with Crippen molar-refractivity contribution in [1.29, 1.82) is 0 Å². The molecule has 0 spiro atoms. The van der Waals surface area contributed by atoms with Gasteiger partial charge in [-0.25, -0.2) is 9.07 Å². The molecule has 0 bridgehead atoms. The van der Waals surface area contributed by atoms with Crippen LogP contribution in [0.5, 0.6) is 11.6 Å². The summed E-state index contributed by atoms with van der Waals surface area (Å²) in [5, 5.41) is 6.84. The van der Waals surface area contributed by atoms with E-state index in [0.29, 0.717) is 36.2 Å². The first-order valence-electron chi connectivity index (χ1n) is 12.5. The molecule has 2 aromatic carbocycles. The lowest BCUT2D eigenvalue weighted by atomic mass is 10.0. The summed E-state index contributed by atoms with van der Waals surface area (Å²) in [7, 11) is 0. The predicted molar refractivity (Wildman–Crippen MR) is 142 cm³/mol. The van der Waals surface area contributed by atoms with Gasteiger partial charge in [0.05, 0.1) is 34.5 Å². The van der Waals surface area contributed by atoms with E-state index in [1.54, 1.807) is 16.8 Å². The molecule has 0 N–H and O–H groups in total. The fourth-order valence-corrected chi connectivity index (χ4v) is 5.25. The topological polar surface area (TPSA) is 56.6 Å².